The molecule has 0 bridgehead atoms. The van der Waals surface area contributed by atoms with E-state index in [1.165, 1.54) is 13.8 Å². The van der Waals surface area contributed by atoms with Crippen LogP contribution in [-0.2, 0) is 28.8 Å². The number of carbonyl (C=O) groups is 6. The van der Waals surface area contributed by atoms with Gasteiger partial charge in [0.1, 0.15) is 30.2 Å². The highest BCUT2D eigenvalue weighted by molar-refractivity contribution is 5.80. The van der Waals surface area contributed by atoms with Crippen molar-refractivity contribution in [3.05, 3.63) is 0 Å². The van der Waals surface area contributed by atoms with Crippen molar-refractivity contribution in [2.75, 3.05) is 13.2 Å². The number of rotatable bonds is 10. The predicted octanol–water partition coefficient (Wildman–Crippen LogP) is -5.36. The maximum atomic E-state index is 10.1. The molecule has 18 N–H and O–H groups in total. The molecule has 0 amide bonds. The van der Waals surface area contributed by atoms with Gasteiger partial charge in [0.05, 0.1) is 25.2 Å². The first-order chi connectivity index (χ1) is 18.1. The van der Waals surface area contributed by atoms with Gasteiger partial charge >= 0.3 is 35.8 Å². The van der Waals surface area contributed by atoms with Gasteiger partial charge in [-0.3, -0.25) is 28.8 Å². The highest BCUT2D eigenvalue weighted by atomic mass is 16.4. The van der Waals surface area contributed by atoms with E-state index in [4.69, 9.17) is 68.9 Å². The molecule has 1 saturated heterocycles. The summed E-state index contributed by atoms with van der Waals surface area (Å²) in [5.74, 6) is -6.76. The molecule has 0 aromatic heterocycles. The Balaban J connectivity index is -0.000000203. The minimum absolute atomic E-state index is 0.269. The summed E-state index contributed by atoms with van der Waals surface area (Å²) in [6, 6.07) is -5.00. The number of aliphatic hydroxyl groups excluding tert-OH is 3. The van der Waals surface area contributed by atoms with Crippen LogP contribution in [0.15, 0.2) is 0 Å². The second-order valence-corrected chi connectivity index (χ2v) is 7.87. The van der Waals surface area contributed by atoms with E-state index in [0.29, 0.717) is 0 Å². The van der Waals surface area contributed by atoms with E-state index >= 15 is 0 Å². The van der Waals surface area contributed by atoms with Gasteiger partial charge in [0.2, 0.25) is 0 Å². The van der Waals surface area contributed by atoms with Crippen molar-refractivity contribution in [1.29, 1.82) is 0 Å². The molecule has 0 aliphatic carbocycles. The first kappa shape index (κ1) is 43.5. The number of nitrogens with one attached hydrogen (secondary N) is 1. The van der Waals surface area contributed by atoms with E-state index in [1.54, 1.807) is 0 Å². The quantitative estimate of drug-likeness (QED) is 0.113. The van der Waals surface area contributed by atoms with E-state index in [2.05, 4.69) is 5.32 Å². The van der Waals surface area contributed by atoms with Gasteiger partial charge in [-0.15, -0.1) is 0 Å². The van der Waals surface area contributed by atoms with Gasteiger partial charge in [-0.2, -0.15) is 0 Å². The fraction of sp³-hybridized carbons (Fsp3) is 0.700. The van der Waals surface area contributed by atoms with Crippen LogP contribution in [0.1, 0.15) is 33.1 Å². The normalized spacial score (nSPS) is 17.8. The highest BCUT2D eigenvalue weighted by Crippen LogP contribution is 2.03. The smallest absolute Gasteiger partial charge is 0.323 e. The largest absolute Gasteiger partial charge is 0.481 e. The van der Waals surface area contributed by atoms with Crippen molar-refractivity contribution in [3.8, 4) is 0 Å². The lowest BCUT2D eigenvalue weighted by atomic mass is 10.2. The van der Waals surface area contributed by atoms with E-state index in [0.717, 1.165) is 19.4 Å². The third-order valence-electron chi connectivity index (χ3n) is 4.19. The van der Waals surface area contributed by atoms with Gasteiger partial charge in [0.15, 0.2) is 0 Å². The van der Waals surface area contributed by atoms with Gasteiger partial charge in [-0.25, -0.2) is 0 Å². The van der Waals surface area contributed by atoms with E-state index < -0.39 is 85.2 Å². The van der Waals surface area contributed by atoms with Crippen molar-refractivity contribution in [2.45, 2.75) is 75.5 Å². The molecule has 7 atom stereocenters. The van der Waals surface area contributed by atoms with Crippen LogP contribution in [0.5, 0.6) is 0 Å². The molecule has 20 heteroatoms. The first-order valence-corrected chi connectivity index (χ1v) is 11.2. The average Bonchev–Trinajstić information content (AvgIpc) is 3.38. The van der Waals surface area contributed by atoms with Crippen molar-refractivity contribution < 1.29 is 74.7 Å². The lowest BCUT2D eigenvalue weighted by Gasteiger charge is -2.07. The predicted molar refractivity (Wildman–Crippen MR) is 134 cm³/mol. The highest BCUT2D eigenvalue weighted by Gasteiger charge is 2.20. The molecule has 20 nitrogen and oxygen atoms in total. The van der Waals surface area contributed by atoms with E-state index in [9.17, 15) is 28.8 Å². The maximum Gasteiger partial charge on any atom is 0.323 e. The van der Waals surface area contributed by atoms with Gasteiger partial charge in [-0.1, -0.05) is 0 Å². The van der Waals surface area contributed by atoms with Crippen molar-refractivity contribution in [1.82, 2.24) is 5.32 Å². The summed E-state index contributed by atoms with van der Waals surface area (Å²) < 4.78 is 0. The molecular formula is C20H41N5O15. The number of hydrogen-bond acceptors (Lipinski definition) is 14. The Hall–Kier alpha value is -3.50. The molecule has 0 saturated carbocycles. The summed E-state index contributed by atoms with van der Waals surface area (Å²) in [6.07, 6.45) is -0.707. The van der Waals surface area contributed by atoms with Crippen LogP contribution in [-0.4, -0.2) is 137 Å². The van der Waals surface area contributed by atoms with Gasteiger partial charge in [0.25, 0.3) is 0 Å². The minimum Gasteiger partial charge on any atom is -0.481 e. The number of carboxylic acids is 6. The van der Waals surface area contributed by atoms with Crippen LogP contribution in [0.25, 0.3) is 0 Å². The molecule has 0 aromatic carbocycles. The first-order valence-electron chi connectivity index (χ1n) is 11.2. The zero-order valence-corrected chi connectivity index (χ0v) is 21.9. The second kappa shape index (κ2) is 24.5. The standard InChI is InChI=1S/C5H9NO2.C4H7NO4.2C4H9NO3.C3H7NO3/c7-5(8)4-2-1-3-6-4;5-2(4(8)9)1-3(6)7;2*1-2(6)3(5)4(7)8;4-2(1-5)3(6)7/h4,6H,1-3H2,(H,7,8);2H,1,5H2,(H,6,7)(H,8,9);2*2-3,6H,5H2,1H3,(H,7,8);2,5H,1,4H2,(H,6,7)/t4-;2-;2*2-,3+;2-/m00110/s1. The van der Waals surface area contributed by atoms with Crippen molar-refractivity contribution in [2.24, 2.45) is 22.9 Å². The summed E-state index contributed by atoms with van der Waals surface area (Å²) in [5.41, 5.74) is 19.4. The molecule has 236 valence electrons. The van der Waals surface area contributed by atoms with Gasteiger partial charge < -0.3 is 74.2 Å². The zero-order chi connectivity index (χ0) is 32.7. The Morgan fingerprint density at radius 1 is 0.725 bits per heavy atom. The monoisotopic (exact) mass is 591 g/mol. The third-order valence-corrected chi connectivity index (χ3v) is 4.19. The number of aliphatic hydroxyl groups is 3. The number of aliphatic carboxylic acids is 6. The SMILES string of the molecule is C[C@@H](O)[C@H](N)C(=O)O.C[C@@H](O)[C@H](N)C(=O)O.N[C@@H](CC(=O)O)C(=O)O.N[C@@H](CO)C(=O)O.O=C(O)[C@@H]1CCCN1. The van der Waals surface area contributed by atoms with Crippen LogP contribution in [0, 0.1) is 0 Å². The van der Waals surface area contributed by atoms with Crippen LogP contribution in [0.2, 0.25) is 0 Å². The van der Waals surface area contributed by atoms with E-state index in [-0.39, 0.29) is 6.04 Å². The van der Waals surface area contributed by atoms with E-state index in [1.807, 2.05) is 0 Å². The van der Waals surface area contributed by atoms with Crippen LogP contribution in [0.4, 0.5) is 0 Å². The lowest BCUT2D eigenvalue weighted by molar-refractivity contribution is -0.144. The molecule has 40 heavy (non-hydrogen) atoms. The Morgan fingerprint density at radius 3 is 1.18 bits per heavy atom. The minimum atomic E-state index is -1.29. The lowest BCUT2D eigenvalue weighted by Crippen LogP contribution is -2.39. The van der Waals surface area contributed by atoms with Crippen molar-refractivity contribution >= 4 is 35.8 Å². The fourth-order valence-corrected chi connectivity index (χ4v) is 1.66. The molecule has 1 heterocycles. The summed E-state index contributed by atoms with van der Waals surface area (Å²) in [4.78, 5) is 59.1. The molecule has 0 radical (unpaired) electrons. The maximum absolute atomic E-state index is 10.1. The summed E-state index contributed by atoms with van der Waals surface area (Å²) in [7, 11) is 0. The zero-order valence-electron chi connectivity index (χ0n) is 21.9. The van der Waals surface area contributed by atoms with Crippen LogP contribution < -0.4 is 28.3 Å². The second-order valence-electron chi connectivity index (χ2n) is 7.87. The molecule has 1 aliphatic rings. The topological polar surface area (TPSA) is 401 Å². The number of carboxylic acid groups (broad SMARTS) is 6. The Kier molecular flexibility index (Phi) is 26.7. The fourth-order valence-electron chi connectivity index (χ4n) is 1.66. The van der Waals surface area contributed by atoms with Crippen molar-refractivity contribution in [3.63, 3.8) is 0 Å². The molecule has 1 rings (SSSR count). The number of nitrogens with two attached hydrogens (primary N) is 4. The van der Waals surface area contributed by atoms with Gasteiger partial charge in [-0.05, 0) is 33.2 Å². The molecule has 0 aromatic rings. The molecule has 0 unspecified atom stereocenters. The average molecular weight is 592 g/mol. The van der Waals surface area contributed by atoms with Crippen LogP contribution >= 0.6 is 0 Å². The molecule has 1 fully saturated rings. The Bertz CT molecular complexity index is 735. The Morgan fingerprint density at radius 2 is 1.10 bits per heavy atom. The summed E-state index contributed by atoms with van der Waals surface area (Å²) in [6.45, 7) is 3.02. The van der Waals surface area contributed by atoms with Gasteiger partial charge in [0, 0.05) is 0 Å². The summed E-state index contributed by atoms with van der Waals surface area (Å²) >= 11 is 0. The van der Waals surface area contributed by atoms with Crippen LogP contribution in [0.3, 0.4) is 0 Å². The third kappa shape index (κ3) is 27.5. The molecule has 0 spiro atoms. The Labute approximate surface area is 228 Å². The number of hydrogen-bond donors (Lipinski definition) is 14. The molecular weight excluding hydrogens is 550 g/mol. The summed E-state index contributed by atoms with van der Waals surface area (Å²) in [5, 5.41) is 76.2. The molecule has 1 aliphatic heterocycles.